The third-order valence-electron chi connectivity index (χ3n) is 1.84. The Balaban J connectivity index is 4.39. The van der Waals surface area contributed by atoms with Crippen LogP contribution in [-0.2, 0) is 0 Å². The lowest BCUT2D eigenvalue weighted by molar-refractivity contribution is 1.28. The van der Waals surface area contributed by atoms with Crippen molar-refractivity contribution in [3.8, 4) is 0 Å². The lowest BCUT2D eigenvalue weighted by Gasteiger charge is -2.33. The van der Waals surface area contributed by atoms with Gasteiger partial charge in [-0.15, -0.1) is 15.3 Å². The predicted molar refractivity (Wildman–Crippen MR) is 83.1 cm³/mol. The Bertz CT molecular complexity index is 164. The summed E-state index contributed by atoms with van der Waals surface area (Å²) in [5.41, 5.74) is 1.39. The summed E-state index contributed by atoms with van der Waals surface area (Å²) in [6.07, 6.45) is 0. The van der Waals surface area contributed by atoms with Crippen LogP contribution in [0.3, 0.4) is 0 Å². The molecule has 0 bridgehead atoms. The Kier molecular flexibility index (Phi) is 6.63. The normalized spacial score (nSPS) is 16.4. The molecule has 0 amide bonds. The molecule has 0 saturated heterocycles. The van der Waals surface area contributed by atoms with Crippen molar-refractivity contribution in [3.05, 3.63) is 0 Å². The highest BCUT2D eigenvalue weighted by Crippen LogP contribution is 2.35. The highest BCUT2D eigenvalue weighted by atomic mass is 79.9. The fraction of sp³-hybridized carbons (Fsp3) is 1.00. The van der Waals surface area contributed by atoms with Gasteiger partial charge in [0.1, 0.15) is 6.69 Å². The Morgan fingerprint density at radius 1 is 1.00 bits per heavy atom. The average Bonchev–Trinajstić information content (AvgIpc) is 1.80. The third-order valence-corrected chi connectivity index (χ3v) is 20.9. The maximum atomic E-state index is 3.85. The lowest BCUT2D eigenvalue weighted by Crippen LogP contribution is -2.46. The van der Waals surface area contributed by atoms with Gasteiger partial charge in [-0.25, -0.2) is 0 Å². The van der Waals surface area contributed by atoms with Crippen LogP contribution in [0.25, 0.3) is 0 Å². The number of alkyl halides is 3. The van der Waals surface area contributed by atoms with Gasteiger partial charge in [-0.1, -0.05) is 79.6 Å². The van der Waals surface area contributed by atoms with E-state index in [1.165, 1.54) is 5.67 Å². The quantitative estimate of drug-likeness (QED) is 0.296. The zero-order valence-corrected chi connectivity index (χ0v) is 16.7. The van der Waals surface area contributed by atoms with Crippen LogP contribution < -0.4 is 0 Å². The first-order valence-corrected chi connectivity index (χ1v) is 15.7. The Morgan fingerprint density at radius 3 is 1.62 bits per heavy atom. The summed E-state index contributed by atoms with van der Waals surface area (Å²) in [5, 5.41) is 0. The van der Waals surface area contributed by atoms with E-state index >= 15 is 0 Å². The molecule has 1 atom stereocenters. The molecule has 0 rings (SSSR count). The van der Waals surface area contributed by atoms with E-state index in [0.717, 1.165) is 0 Å². The van der Waals surface area contributed by atoms with E-state index in [0.29, 0.717) is 8.19 Å². The molecule has 0 N–H and O–H groups in total. The van der Waals surface area contributed by atoms with Gasteiger partial charge in [0, 0.05) is 4.45 Å². The molecule has 13 heavy (non-hydrogen) atoms. The van der Waals surface area contributed by atoms with Crippen LogP contribution in [0.4, 0.5) is 0 Å². The summed E-state index contributed by atoms with van der Waals surface area (Å²) >= 11 is 14.8. The molecule has 0 aromatic rings. The number of hydrogen-bond donors (Lipinski definition) is 0. The van der Waals surface area contributed by atoms with Crippen LogP contribution >= 0.6 is 63.1 Å². The SMILES string of the molecule is C[Si](C)(Br)C[Si](C)(C)C(Br)C(Br)Br. The summed E-state index contributed by atoms with van der Waals surface area (Å²) in [7, 11) is -1.17. The van der Waals surface area contributed by atoms with Crippen molar-refractivity contribution in [2.45, 2.75) is 40.0 Å². The van der Waals surface area contributed by atoms with Crippen LogP contribution in [0.2, 0.25) is 31.9 Å². The van der Waals surface area contributed by atoms with Gasteiger partial charge in [0.15, 0.2) is 0 Å². The molecule has 0 spiro atoms. The molecule has 0 heterocycles. The van der Waals surface area contributed by atoms with Crippen LogP contribution in [0.5, 0.6) is 0 Å². The summed E-state index contributed by atoms with van der Waals surface area (Å²) in [5.74, 6) is 0. The monoisotopic (exact) mass is 472 g/mol. The fourth-order valence-electron chi connectivity index (χ4n) is 1.52. The van der Waals surface area contributed by atoms with Crippen LogP contribution in [0.1, 0.15) is 0 Å². The molecule has 0 aliphatic carbocycles. The van der Waals surface area contributed by atoms with Gasteiger partial charge in [0.25, 0.3) is 0 Å². The minimum Gasteiger partial charge on any atom is -0.127 e. The van der Waals surface area contributed by atoms with Crippen molar-refractivity contribution in [1.29, 1.82) is 0 Å². The maximum absolute atomic E-state index is 3.85. The zero-order chi connectivity index (χ0) is 10.9. The van der Waals surface area contributed by atoms with Crippen LogP contribution in [0, 0.1) is 0 Å². The molecule has 0 nitrogen and oxygen atoms in total. The highest BCUT2D eigenvalue weighted by molar-refractivity contribution is 9.26. The molecule has 1 unspecified atom stereocenters. The Hall–Kier alpha value is 2.35. The predicted octanol–water partition coefficient (Wildman–Crippen LogP) is 5.25. The molecular formula is C7H16Br4Si2. The number of hydrogen-bond acceptors (Lipinski definition) is 0. The maximum Gasteiger partial charge on any atom is 0.121 e. The van der Waals surface area contributed by atoms with Crippen molar-refractivity contribution in [1.82, 2.24) is 0 Å². The van der Waals surface area contributed by atoms with E-state index < -0.39 is 14.8 Å². The molecule has 80 valence electrons. The molecule has 0 aromatic carbocycles. The van der Waals surface area contributed by atoms with Crippen molar-refractivity contribution in [2.75, 3.05) is 0 Å². The van der Waals surface area contributed by atoms with Gasteiger partial charge in [-0.05, 0) is 0 Å². The van der Waals surface area contributed by atoms with Crippen molar-refractivity contribution >= 4 is 77.8 Å². The average molecular weight is 476 g/mol. The standard InChI is InChI=1S/C7H16Br4Si2/c1-12(2,5-13(3,4)11)7(10)6(8)9/h6-7H,5H2,1-4H3. The van der Waals surface area contributed by atoms with E-state index in [1.54, 1.807) is 0 Å². The van der Waals surface area contributed by atoms with Crippen LogP contribution in [-0.4, -0.2) is 23.0 Å². The van der Waals surface area contributed by atoms with Gasteiger partial charge >= 0.3 is 0 Å². The second kappa shape index (κ2) is 5.61. The molecule has 0 aliphatic rings. The van der Waals surface area contributed by atoms with Gasteiger partial charge in [-0.3, -0.25) is 0 Å². The molecule has 0 aromatic heterocycles. The Morgan fingerprint density at radius 2 is 1.38 bits per heavy atom. The lowest BCUT2D eigenvalue weighted by atomic mass is 11.0. The van der Waals surface area contributed by atoms with Crippen molar-refractivity contribution in [3.63, 3.8) is 0 Å². The minimum absolute atomic E-state index is 0.394. The number of rotatable bonds is 4. The first-order chi connectivity index (χ1) is 5.56. The topological polar surface area (TPSA) is 0 Å². The van der Waals surface area contributed by atoms with Gasteiger partial charge in [0.2, 0.25) is 0 Å². The first kappa shape index (κ1) is 15.4. The minimum atomic E-state index is -1.17. The molecule has 0 radical (unpaired) electrons. The van der Waals surface area contributed by atoms with E-state index in [4.69, 9.17) is 0 Å². The van der Waals surface area contributed by atoms with Gasteiger partial charge < -0.3 is 0 Å². The second-order valence-corrected chi connectivity index (χ2v) is 25.5. The van der Waals surface area contributed by atoms with E-state index in [1.807, 2.05) is 0 Å². The van der Waals surface area contributed by atoms with Crippen LogP contribution in [0.15, 0.2) is 0 Å². The molecule has 6 heteroatoms. The van der Waals surface area contributed by atoms with Crippen molar-refractivity contribution in [2.24, 2.45) is 0 Å². The second-order valence-electron chi connectivity index (χ2n) is 4.62. The summed E-state index contributed by atoms with van der Waals surface area (Å²) in [6.45, 7) is 8.53. The summed E-state index contributed by atoms with van der Waals surface area (Å²) in [4.78, 5) is 0. The highest BCUT2D eigenvalue weighted by Gasteiger charge is 2.38. The first-order valence-electron chi connectivity index (χ1n) is 4.17. The van der Waals surface area contributed by atoms with E-state index in [2.05, 4.69) is 89.3 Å². The molecular weight excluding hydrogens is 460 g/mol. The van der Waals surface area contributed by atoms with E-state index in [-0.39, 0.29) is 0 Å². The zero-order valence-electron chi connectivity index (χ0n) is 8.37. The third kappa shape index (κ3) is 6.50. The molecule has 0 aliphatic heterocycles. The molecule has 0 fully saturated rings. The van der Waals surface area contributed by atoms with E-state index in [9.17, 15) is 0 Å². The largest absolute Gasteiger partial charge is 0.127 e. The van der Waals surface area contributed by atoms with Crippen molar-refractivity contribution < 1.29 is 0 Å². The fourth-order valence-corrected chi connectivity index (χ4v) is 23.9. The Labute approximate surface area is 117 Å². The smallest absolute Gasteiger partial charge is 0.121 e. The summed E-state index contributed by atoms with van der Waals surface area (Å²) < 4.78 is 0.981. The number of halogens is 4. The molecule has 0 saturated carbocycles. The van der Waals surface area contributed by atoms with Gasteiger partial charge in [-0.2, -0.15) is 0 Å². The summed E-state index contributed by atoms with van der Waals surface area (Å²) in [6, 6.07) is 0. The van der Waals surface area contributed by atoms with Gasteiger partial charge in [0.05, 0.1) is 11.8 Å².